The van der Waals surface area contributed by atoms with Crippen LogP contribution in [0.2, 0.25) is 0 Å². The van der Waals surface area contributed by atoms with E-state index in [0.29, 0.717) is 37.7 Å². The van der Waals surface area contributed by atoms with Gasteiger partial charge in [0.25, 0.3) is 0 Å². The second-order valence-electron chi connectivity index (χ2n) is 14.2. The molecule has 0 unspecified atom stereocenters. The third-order valence-corrected chi connectivity index (χ3v) is 9.61. The number of carbonyl (C=O) groups excluding carboxylic acids is 1. The van der Waals surface area contributed by atoms with E-state index in [9.17, 15) is 26.7 Å². The lowest BCUT2D eigenvalue weighted by atomic mass is 9.69. The predicted molar refractivity (Wildman–Crippen MR) is 178 cm³/mol. The van der Waals surface area contributed by atoms with Gasteiger partial charge in [0.2, 0.25) is 11.7 Å². The van der Waals surface area contributed by atoms with Gasteiger partial charge in [-0.15, -0.1) is 0 Å². The Balaban J connectivity index is 1.71. The van der Waals surface area contributed by atoms with Gasteiger partial charge in [0.1, 0.15) is 11.6 Å². The number of rotatable bonds is 15. The molecule has 1 fully saturated rings. The molecular formula is C38H50F5N3O2. The van der Waals surface area contributed by atoms with Crippen molar-refractivity contribution in [3.8, 4) is 17.0 Å². The first-order chi connectivity index (χ1) is 22.8. The van der Waals surface area contributed by atoms with Crippen LogP contribution in [0.25, 0.3) is 11.3 Å². The molecule has 1 aliphatic rings. The van der Waals surface area contributed by atoms with Crippen molar-refractivity contribution in [2.24, 2.45) is 17.3 Å². The third kappa shape index (κ3) is 9.17. The molecule has 0 aliphatic heterocycles. The maximum absolute atomic E-state index is 15.0. The summed E-state index contributed by atoms with van der Waals surface area (Å²) in [6.45, 7) is 11.8. The number of carbonyl (C=O) groups is 1. The van der Waals surface area contributed by atoms with E-state index in [1.165, 1.54) is 6.20 Å². The number of halogens is 5. The summed E-state index contributed by atoms with van der Waals surface area (Å²) >= 11 is 0. The lowest BCUT2D eigenvalue weighted by Gasteiger charge is -2.36. The largest absolute Gasteiger partial charge is 0.494 e. The van der Waals surface area contributed by atoms with Gasteiger partial charge in [-0.1, -0.05) is 72.4 Å². The lowest BCUT2D eigenvalue weighted by molar-refractivity contribution is -0.127. The number of ether oxygens (including phenoxy) is 1. The van der Waals surface area contributed by atoms with Crippen molar-refractivity contribution in [3.63, 3.8) is 0 Å². The highest BCUT2D eigenvalue weighted by atomic mass is 19.2. The number of benzene rings is 2. The van der Waals surface area contributed by atoms with Crippen molar-refractivity contribution in [2.75, 3.05) is 6.61 Å². The Morgan fingerprint density at radius 2 is 1.48 bits per heavy atom. The topological polar surface area (TPSA) is 56.1 Å². The van der Waals surface area contributed by atoms with E-state index in [4.69, 9.17) is 4.74 Å². The molecule has 0 radical (unpaired) electrons. The Hall–Kier alpha value is -3.43. The molecule has 264 valence electrons. The first-order valence-electron chi connectivity index (χ1n) is 17.5. The van der Waals surface area contributed by atoms with Crippen LogP contribution in [0.5, 0.6) is 5.75 Å². The summed E-state index contributed by atoms with van der Waals surface area (Å²) in [6, 6.07) is 6.78. The number of amides is 1. The molecule has 1 aromatic heterocycles. The van der Waals surface area contributed by atoms with Crippen LogP contribution >= 0.6 is 0 Å². The molecule has 4 rings (SSSR count). The molecule has 48 heavy (non-hydrogen) atoms. The minimum absolute atomic E-state index is 0.134. The first-order valence-corrected chi connectivity index (χ1v) is 17.5. The number of imidazole rings is 1. The summed E-state index contributed by atoms with van der Waals surface area (Å²) < 4.78 is 80.0. The second kappa shape index (κ2) is 16.8. The number of aryl methyl sites for hydroxylation is 1. The van der Waals surface area contributed by atoms with Gasteiger partial charge in [0.05, 0.1) is 23.9 Å². The van der Waals surface area contributed by atoms with Gasteiger partial charge >= 0.3 is 0 Å². The molecule has 0 saturated heterocycles. The molecule has 10 heteroatoms. The Morgan fingerprint density at radius 1 is 0.875 bits per heavy atom. The SMILES string of the molecule is CCCCCCn1cc(-c2c(F)c(F)c(F)c(F)c2F)nc1[C@H](Cc1ccc(OCCCC)cc1)NC(=O)C1CCC(C(C)(C)C)CC1. The quantitative estimate of drug-likeness (QED) is 0.0755. The van der Waals surface area contributed by atoms with Gasteiger partial charge in [-0.05, 0) is 74.0 Å². The summed E-state index contributed by atoms with van der Waals surface area (Å²) in [6.07, 6.45) is 10.4. The molecule has 1 N–H and O–H groups in total. The average Bonchev–Trinajstić information content (AvgIpc) is 3.48. The minimum Gasteiger partial charge on any atom is -0.494 e. The van der Waals surface area contributed by atoms with Crippen molar-refractivity contribution in [1.29, 1.82) is 0 Å². The highest BCUT2D eigenvalue weighted by Crippen LogP contribution is 2.40. The molecular weight excluding hydrogens is 625 g/mol. The van der Waals surface area contributed by atoms with Crippen LogP contribution in [-0.2, 0) is 17.8 Å². The molecule has 5 nitrogen and oxygen atoms in total. The van der Waals surface area contributed by atoms with Crippen LogP contribution in [-0.4, -0.2) is 22.1 Å². The van der Waals surface area contributed by atoms with Crippen LogP contribution in [0.1, 0.15) is 116 Å². The molecule has 1 heterocycles. The molecule has 1 amide bonds. The van der Waals surface area contributed by atoms with E-state index < -0.39 is 40.7 Å². The van der Waals surface area contributed by atoms with E-state index in [-0.39, 0.29) is 22.9 Å². The number of nitrogens with one attached hydrogen (secondary N) is 1. The zero-order chi connectivity index (χ0) is 35.0. The summed E-state index contributed by atoms with van der Waals surface area (Å²) in [5.74, 6) is -8.97. The van der Waals surface area contributed by atoms with Crippen molar-refractivity contribution in [3.05, 3.63) is 70.9 Å². The zero-order valence-electron chi connectivity index (χ0n) is 28.9. The van der Waals surface area contributed by atoms with Crippen molar-refractivity contribution >= 4 is 5.91 Å². The highest BCUT2D eigenvalue weighted by molar-refractivity contribution is 5.79. The van der Waals surface area contributed by atoms with Gasteiger partial charge in [-0.2, -0.15) is 0 Å². The molecule has 2 aromatic carbocycles. The maximum Gasteiger partial charge on any atom is 0.223 e. The zero-order valence-corrected chi connectivity index (χ0v) is 28.9. The summed E-state index contributed by atoms with van der Waals surface area (Å²) in [5.41, 5.74) is -0.450. The van der Waals surface area contributed by atoms with Crippen molar-refractivity contribution < 1.29 is 31.5 Å². The number of hydrogen-bond acceptors (Lipinski definition) is 3. The molecule has 3 aromatic rings. The van der Waals surface area contributed by atoms with Crippen molar-refractivity contribution in [2.45, 2.75) is 118 Å². The van der Waals surface area contributed by atoms with Gasteiger partial charge in [0, 0.05) is 18.7 Å². The molecule has 1 saturated carbocycles. The molecule has 0 bridgehead atoms. The van der Waals surface area contributed by atoms with Crippen LogP contribution in [0.3, 0.4) is 0 Å². The fraction of sp³-hybridized carbons (Fsp3) is 0.579. The number of aromatic nitrogens is 2. The van der Waals surface area contributed by atoms with E-state index >= 15 is 0 Å². The Labute approximate surface area is 281 Å². The van der Waals surface area contributed by atoms with Crippen molar-refractivity contribution in [1.82, 2.24) is 14.9 Å². The smallest absolute Gasteiger partial charge is 0.223 e. The van der Waals surface area contributed by atoms with Gasteiger partial charge < -0.3 is 14.6 Å². The number of hydrogen-bond donors (Lipinski definition) is 1. The van der Waals surface area contributed by atoms with Gasteiger partial charge in [-0.3, -0.25) is 4.79 Å². The normalized spacial score (nSPS) is 17.4. The highest BCUT2D eigenvalue weighted by Gasteiger charge is 2.34. The monoisotopic (exact) mass is 675 g/mol. The van der Waals surface area contributed by atoms with Crippen LogP contribution in [0.15, 0.2) is 30.5 Å². The summed E-state index contributed by atoms with van der Waals surface area (Å²) in [4.78, 5) is 18.3. The average molecular weight is 676 g/mol. The molecule has 1 aliphatic carbocycles. The van der Waals surface area contributed by atoms with E-state index in [1.807, 2.05) is 24.3 Å². The van der Waals surface area contributed by atoms with E-state index in [0.717, 1.165) is 69.1 Å². The summed E-state index contributed by atoms with van der Waals surface area (Å²) in [7, 11) is 0. The van der Waals surface area contributed by atoms with E-state index in [1.54, 1.807) is 4.57 Å². The number of nitrogens with zero attached hydrogens (tertiary/aromatic N) is 2. The Kier molecular flexibility index (Phi) is 13.1. The Morgan fingerprint density at radius 3 is 2.06 bits per heavy atom. The maximum atomic E-state index is 15.0. The summed E-state index contributed by atoms with van der Waals surface area (Å²) in [5, 5.41) is 3.18. The molecule has 1 atom stereocenters. The number of unbranched alkanes of at least 4 members (excludes halogenated alkanes) is 4. The molecule has 0 spiro atoms. The van der Waals surface area contributed by atoms with Crippen LogP contribution < -0.4 is 10.1 Å². The fourth-order valence-electron chi connectivity index (χ4n) is 6.56. The second-order valence-corrected chi connectivity index (χ2v) is 14.2. The Bertz CT molecular complexity index is 1480. The van der Waals surface area contributed by atoms with Crippen LogP contribution in [0, 0.1) is 46.3 Å². The lowest BCUT2D eigenvalue weighted by Crippen LogP contribution is -2.38. The fourth-order valence-corrected chi connectivity index (χ4v) is 6.56. The predicted octanol–water partition coefficient (Wildman–Crippen LogP) is 10.3. The third-order valence-electron chi connectivity index (χ3n) is 9.61. The van der Waals surface area contributed by atoms with E-state index in [2.05, 4.69) is 44.9 Å². The first kappa shape index (κ1) is 37.4. The van der Waals surface area contributed by atoms with Gasteiger partial charge in [0.15, 0.2) is 23.3 Å². The van der Waals surface area contributed by atoms with Crippen LogP contribution in [0.4, 0.5) is 22.0 Å². The van der Waals surface area contributed by atoms with Gasteiger partial charge in [-0.25, -0.2) is 26.9 Å². The minimum atomic E-state index is -2.22. The standard InChI is InChI=1S/C38H50F5N3O2/c1-6-8-10-11-20-46-23-29(30-31(39)33(41)35(43)34(42)32(30)40)44-36(46)28(22-24-12-18-27(19-13-24)48-21-9-7-2)45-37(47)25-14-16-26(17-15-25)38(3,4)5/h12-13,18-19,23,25-26,28H,6-11,14-17,20-22H2,1-5H3,(H,45,47)/t25?,26?,28-/m0/s1.